The minimum absolute atomic E-state index is 0.0832. The first kappa shape index (κ1) is 16.4. The molecule has 1 amide bonds. The van der Waals surface area contributed by atoms with E-state index in [1.165, 1.54) is 6.07 Å². The normalized spacial score (nSPS) is 29.0. The number of carbonyl (C=O) groups excluding carboxylic acids is 1. The fraction of sp³-hybridized carbons (Fsp3) is 0.611. The molecule has 0 saturated carbocycles. The SMILES string of the molecule is CC1CCC(C)N1CC(=O)N1CCNCC1c1cccc(F)c1. The highest BCUT2D eigenvalue weighted by Crippen LogP contribution is 2.26. The van der Waals surface area contributed by atoms with Gasteiger partial charge >= 0.3 is 0 Å². The van der Waals surface area contributed by atoms with E-state index in [1.54, 1.807) is 12.1 Å². The summed E-state index contributed by atoms with van der Waals surface area (Å²) >= 11 is 0. The maximum Gasteiger partial charge on any atom is 0.237 e. The van der Waals surface area contributed by atoms with Crippen molar-refractivity contribution >= 4 is 5.91 Å². The second-order valence-corrected chi connectivity index (χ2v) is 6.81. The number of piperazine rings is 1. The van der Waals surface area contributed by atoms with Crippen molar-refractivity contribution < 1.29 is 9.18 Å². The number of halogens is 1. The predicted molar refractivity (Wildman–Crippen MR) is 88.6 cm³/mol. The van der Waals surface area contributed by atoms with Crippen molar-refractivity contribution in [1.82, 2.24) is 15.1 Å². The fourth-order valence-electron chi connectivity index (χ4n) is 3.82. The number of benzene rings is 1. The van der Waals surface area contributed by atoms with Gasteiger partial charge in [0.05, 0.1) is 12.6 Å². The number of nitrogens with zero attached hydrogens (tertiary/aromatic N) is 2. The Morgan fingerprint density at radius 2 is 2.04 bits per heavy atom. The Morgan fingerprint density at radius 3 is 2.74 bits per heavy atom. The molecule has 0 bridgehead atoms. The van der Waals surface area contributed by atoms with Crippen molar-refractivity contribution in [3.05, 3.63) is 35.6 Å². The average Bonchev–Trinajstić information content (AvgIpc) is 2.87. The summed E-state index contributed by atoms with van der Waals surface area (Å²) in [6.45, 7) is 7.00. The van der Waals surface area contributed by atoms with Crippen LogP contribution < -0.4 is 5.32 Å². The summed E-state index contributed by atoms with van der Waals surface area (Å²) in [5, 5.41) is 3.32. The van der Waals surface area contributed by atoms with Gasteiger partial charge in [-0.1, -0.05) is 12.1 Å². The highest BCUT2D eigenvalue weighted by atomic mass is 19.1. The molecule has 2 aliphatic rings. The number of likely N-dealkylation sites (tertiary alicyclic amines) is 1. The molecule has 0 radical (unpaired) electrons. The van der Waals surface area contributed by atoms with E-state index in [0.29, 0.717) is 31.7 Å². The lowest BCUT2D eigenvalue weighted by molar-refractivity contribution is -0.136. The maximum absolute atomic E-state index is 13.5. The van der Waals surface area contributed by atoms with Gasteiger partial charge in [0.25, 0.3) is 0 Å². The van der Waals surface area contributed by atoms with Gasteiger partial charge in [-0.2, -0.15) is 0 Å². The van der Waals surface area contributed by atoms with Gasteiger partial charge in [-0.15, -0.1) is 0 Å². The second kappa shape index (κ2) is 6.97. The molecule has 3 rings (SSSR count). The number of amides is 1. The summed E-state index contributed by atoms with van der Waals surface area (Å²) < 4.78 is 13.5. The van der Waals surface area contributed by atoms with E-state index in [4.69, 9.17) is 0 Å². The van der Waals surface area contributed by atoms with Crippen molar-refractivity contribution in [3.8, 4) is 0 Å². The molecule has 2 saturated heterocycles. The monoisotopic (exact) mass is 319 g/mol. The minimum atomic E-state index is -0.248. The Labute approximate surface area is 137 Å². The molecule has 4 nitrogen and oxygen atoms in total. The summed E-state index contributed by atoms with van der Waals surface area (Å²) in [4.78, 5) is 17.1. The zero-order valence-electron chi connectivity index (χ0n) is 14.0. The van der Waals surface area contributed by atoms with E-state index in [0.717, 1.165) is 24.9 Å². The van der Waals surface area contributed by atoms with Crippen molar-refractivity contribution in [1.29, 1.82) is 0 Å². The third-order valence-corrected chi connectivity index (χ3v) is 5.25. The van der Waals surface area contributed by atoms with E-state index < -0.39 is 0 Å². The lowest BCUT2D eigenvalue weighted by Crippen LogP contribution is -2.52. The van der Waals surface area contributed by atoms with Crippen LogP contribution in [0.15, 0.2) is 24.3 Å². The number of hydrogen-bond donors (Lipinski definition) is 1. The summed E-state index contributed by atoms with van der Waals surface area (Å²) in [5.74, 6) is -0.0939. The molecule has 23 heavy (non-hydrogen) atoms. The molecule has 126 valence electrons. The highest BCUT2D eigenvalue weighted by molar-refractivity contribution is 5.79. The molecule has 1 aromatic carbocycles. The molecule has 3 unspecified atom stereocenters. The molecule has 2 aliphatic heterocycles. The third-order valence-electron chi connectivity index (χ3n) is 5.25. The van der Waals surface area contributed by atoms with E-state index in [1.807, 2.05) is 11.0 Å². The standard InChI is InChI=1S/C18H26FN3O/c1-13-6-7-14(2)22(13)12-18(23)21-9-8-20-11-17(21)15-4-3-5-16(19)10-15/h3-5,10,13-14,17,20H,6-9,11-12H2,1-2H3. The zero-order valence-corrected chi connectivity index (χ0v) is 14.0. The van der Waals surface area contributed by atoms with Gasteiger partial charge in [0.15, 0.2) is 0 Å². The lowest BCUT2D eigenvalue weighted by atomic mass is 10.0. The summed E-state index contributed by atoms with van der Waals surface area (Å²) in [6.07, 6.45) is 2.31. The van der Waals surface area contributed by atoms with Crippen LogP contribution in [0.25, 0.3) is 0 Å². The molecule has 1 aromatic rings. The first-order valence-electron chi connectivity index (χ1n) is 8.57. The number of carbonyl (C=O) groups is 1. The Hall–Kier alpha value is -1.46. The van der Waals surface area contributed by atoms with Gasteiger partial charge in [0, 0.05) is 31.7 Å². The van der Waals surface area contributed by atoms with Crippen LogP contribution in [0.4, 0.5) is 4.39 Å². The third kappa shape index (κ3) is 3.56. The molecule has 3 atom stereocenters. The van der Waals surface area contributed by atoms with Crippen LogP contribution in [-0.2, 0) is 4.79 Å². The second-order valence-electron chi connectivity index (χ2n) is 6.81. The summed E-state index contributed by atoms with van der Waals surface area (Å²) in [6, 6.07) is 7.45. The van der Waals surface area contributed by atoms with Crippen LogP contribution in [0.1, 0.15) is 38.3 Å². The van der Waals surface area contributed by atoms with Crippen LogP contribution in [0.2, 0.25) is 0 Å². The van der Waals surface area contributed by atoms with Crippen LogP contribution in [0.3, 0.4) is 0 Å². The van der Waals surface area contributed by atoms with Gasteiger partial charge < -0.3 is 10.2 Å². The fourth-order valence-corrected chi connectivity index (χ4v) is 3.82. The van der Waals surface area contributed by atoms with E-state index >= 15 is 0 Å². The summed E-state index contributed by atoms with van der Waals surface area (Å²) in [7, 11) is 0. The highest BCUT2D eigenvalue weighted by Gasteiger charge is 2.33. The predicted octanol–water partition coefficient (Wildman–Crippen LogP) is 2.17. The number of rotatable bonds is 3. The van der Waals surface area contributed by atoms with Crippen molar-refractivity contribution in [2.45, 2.75) is 44.8 Å². The molecule has 0 aliphatic carbocycles. The molecule has 1 N–H and O–H groups in total. The molecular weight excluding hydrogens is 293 g/mol. The van der Waals surface area contributed by atoms with Crippen LogP contribution in [0.5, 0.6) is 0 Å². The smallest absolute Gasteiger partial charge is 0.237 e. The van der Waals surface area contributed by atoms with Gasteiger partial charge in [-0.05, 0) is 44.4 Å². The molecule has 5 heteroatoms. The van der Waals surface area contributed by atoms with E-state index in [9.17, 15) is 9.18 Å². The first-order valence-corrected chi connectivity index (χ1v) is 8.57. The van der Waals surface area contributed by atoms with Crippen molar-refractivity contribution in [2.75, 3.05) is 26.2 Å². The molecule has 0 spiro atoms. The number of nitrogens with one attached hydrogen (secondary N) is 1. The van der Waals surface area contributed by atoms with Gasteiger partial charge in [0.1, 0.15) is 5.82 Å². The average molecular weight is 319 g/mol. The van der Waals surface area contributed by atoms with Crippen LogP contribution in [-0.4, -0.2) is 54.0 Å². The Kier molecular flexibility index (Phi) is 4.97. The number of hydrogen-bond acceptors (Lipinski definition) is 3. The van der Waals surface area contributed by atoms with E-state index in [-0.39, 0.29) is 17.8 Å². The van der Waals surface area contributed by atoms with Gasteiger partial charge in [0.2, 0.25) is 5.91 Å². The Morgan fingerprint density at radius 1 is 1.30 bits per heavy atom. The molecule has 2 heterocycles. The zero-order chi connectivity index (χ0) is 16.4. The maximum atomic E-state index is 13.5. The molecule has 2 fully saturated rings. The topological polar surface area (TPSA) is 35.6 Å². The minimum Gasteiger partial charge on any atom is -0.332 e. The molecular formula is C18H26FN3O. The van der Waals surface area contributed by atoms with Crippen LogP contribution in [0, 0.1) is 5.82 Å². The van der Waals surface area contributed by atoms with E-state index in [2.05, 4.69) is 24.1 Å². The Bertz CT molecular complexity index is 555. The Balaban J connectivity index is 1.74. The quantitative estimate of drug-likeness (QED) is 0.927. The van der Waals surface area contributed by atoms with Crippen molar-refractivity contribution in [3.63, 3.8) is 0 Å². The summed E-state index contributed by atoms with van der Waals surface area (Å²) in [5.41, 5.74) is 0.869. The largest absolute Gasteiger partial charge is 0.332 e. The van der Waals surface area contributed by atoms with Crippen molar-refractivity contribution in [2.24, 2.45) is 0 Å². The first-order chi connectivity index (χ1) is 11.1. The molecule has 0 aromatic heterocycles. The lowest BCUT2D eigenvalue weighted by Gasteiger charge is -2.38. The van der Waals surface area contributed by atoms with Gasteiger partial charge in [-0.25, -0.2) is 4.39 Å². The van der Waals surface area contributed by atoms with Crippen LogP contribution >= 0.6 is 0 Å². The van der Waals surface area contributed by atoms with Gasteiger partial charge in [-0.3, -0.25) is 9.69 Å².